The average molecular weight is 345 g/mol. The first-order valence-corrected chi connectivity index (χ1v) is 9.28. The second kappa shape index (κ2) is 4.89. The lowest BCUT2D eigenvalue weighted by Crippen LogP contribution is -2.36. The van der Waals surface area contributed by atoms with Gasteiger partial charge in [-0.05, 0) is 26.7 Å². The van der Waals surface area contributed by atoms with E-state index in [1.807, 2.05) is 18.7 Å². The molecule has 6 nitrogen and oxygen atoms in total. The van der Waals surface area contributed by atoms with Crippen LogP contribution in [-0.2, 0) is 4.74 Å². The Morgan fingerprint density at radius 3 is 2.58 bits per heavy atom. The van der Waals surface area contributed by atoms with E-state index in [2.05, 4.69) is 4.98 Å². The van der Waals surface area contributed by atoms with Gasteiger partial charge in [0.1, 0.15) is 5.56 Å². The number of likely N-dealkylation sites (tertiary alicyclic amines) is 1. The van der Waals surface area contributed by atoms with Crippen LogP contribution >= 0.6 is 11.3 Å². The molecule has 5 rings (SSSR count). The molecule has 2 bridgehead atoms. The molecule has 126 valence electrons. The van der Waals surface area contributed by atoms with Crippen LogP contribution in [0.25, 0.3) is 4.96 Å². The van der Waals surface area contributed by atoms with Crippen molar-refractivity contribution in [2.24, 2.45) is 11.8 Å². The highest BCUT2D eigenvalue weighted by molar-refractivity contribution is 7.17. The van der Waals surface area contributed by atoms with Crippen LogP contribution in [0.1, 0.15) is 33.8 Å². The third-order valence-electron chi connectivity index (χ3n) is 5.99. The third-order valence-corrected chi connectivity index (χ3v) is 7.06. The molecule has 4 atom stereocenters. The Bertz CT molecular complexity index is 900. The smallest absolute Gasteiger partial charge is 0.271 e. The molecule has 0 aliphatic carbocycles. The van der Waals surface area contributed by atoms with Crippen LogP contribution in [0.5, 0.6) is 0 Å². The van der Waals surface area contributed by atoms with Gasteiger partial charge >= 0.3 is 0 Å². The van der Waals surface area contributed by atoms with Crippen molar-refractivity contribution >= 4 is 22.2 Å². The Kier molecular flexibility index (Phi) is 2.98. The van der Waals surface area contributed by atoms with Crippen LogP contribution in [-0.4, -0.2) is 45.5 Å². The van der Waals surface area contributed by atoms with Crippen LogP contribution in [0.2, 0.25) is 0 Å². The highest BCUT2D eigenvalue weighted by Gasteiger charge is 2.53. The number of amides is 1. The number of ether oxygens (including phenoxy) is 1. The number of carbonyl (C=O) groups is 1. The number of carbonyl (C=O) groups excluding carboxylic acids is 1. The quantitative estimate of drug-likeness (QED) is 0.788. The van der Waals surface area contributed by atoms with Gasteiger partial charge in [0.25, 0.3) is 11.5 Å². The fourth-order valence-electron chi connectivity index (χ4n) is 4.62. The average Bonchev–Trinajstić information content (AvgIpc) is 3.29. The van der Waals surface area contributed by atoms with Crippen molar-refractivity contribution in [2.45, 2.75) is 38.9 Å². The molecule has 0 N–H and O–H groups in total. The Hall–Kier alpha value is -1.73. The van der Waals surface area contributed by atoms with Gasteiger partial charge in [0.2, 0.25) is 0 Å². The zero-order chi connectivity index (χ0) is 16.6. The summed E-state index contributed by atoms with van der Waals surface area (Å²) in [4.78, 5) is 33.6. The molecule has 0 radical (unpaired) electrons. The molecule has 0 spiro atoms. The first-order valence-electron chi connectivity index (χ1n) is 8.47. The number of rotatable bonds is 1. The van der Waals surface area contributed by atoms with Gasteiger partial charge in [-0.15, -0.1) is 11.3 Å². The number of aryl methyl sites for hydroxylation is 2. The SMILES string of the molecule is Cc1sc2ncc(C(=O)N3C[C@@H]4[C@H](C3)[C@H]3CC[C@@H]4O3)c(=O)n2c1C. The predicted octanol–water partition coefficient (Wildman–Crippen LogP) is 1.62. The summed E-state index contributed by atoms with van der Waals surface area (Å²) >= 11 is 1.48. The summed E-state index contributed by atoms with van der Waals surface area (Å²) in [5.41, 5.74) is 0.802. The zero-order valence-corrected chi connectivity index (χ0v) is 14.5. The molecule has 5 heterocycles. The minimum atomic E-state index is -0.247. The van der Waals surface area contributed by atoms with Crippen LogP contribution in [0, 0.1) is 25.7 Å². The van der Waals surface area contributed by atoms with E-state index in [1.165, 1.54) is 17.5 Å². The second-order valence-electron chi connectivity index (χ2n) is 7.17. The lowest BCUT2D eigenvalue weighted by molar-refractivity contribution is 0.0593. The maximum Gasteiger partial charge on any atom is 0.271 e. The molecular formula is C17H19N3O3S. The van der Waals surface area contributed by atoms with Crippen LogP contribution < -0.4 is 5.56 Å². The van der Waals surface area contributed by atoms with E-state index in [1.54, 1.807) is 4.40 Å². The van der Waals surface area contributed by atoms with Gasteiger partial charge in [0.15, 0.2) is 4.96 Å². The molecule has 7 heteroatoms. The Labute approximate surface area is 143 Å². The standard InChI is InChI=1S/C17H19N3O3S/c1-8-9(2)24-17-18-5-10(16(22)20(8)17)15(21)19-6-11-12(7-19)14-4-3-13(11)23-14/h5,11-14H,3-4,6-7H2,1-2H3/t11-,12+,13+,14-. The Morgan fingerprint density at radius 1 is 1.25 bits per heavy atom. The normalized spacial score (nSPS) is 31.2. The largest absolute Gasteiger partial charge is 0.374 e. The lowest BCUT2D eigenvalue weighted by Gasteiger charge is -2.18. The van der Waals surface area contributed by atoms with Gasteiger partial charge in [-0.1, -0.05) is 0 Å². The van der Waals surface area contributed by atoms with E-state index in [9.17, 15) is 9.59 Å². The van der Waals surface area contributed by atoms with E-state index in [-0.39, 0.29) is 17.0 Å². The topological polar surface area (TPSA) is 63.9 Å². The number of hydrogen-bond donors (Lipinski definition) is 0. The number of nitrogens with zero attached hydrogens (tertiary/aromatic N) is 3. The molecule has 0 aromatic carbocycles. The van der Waals surface area contributed by atoms with Crippen molar-refractivity contribution < 1.29 is 9.53 Å². The van der Waals surface area contributed by atoms with Gasteiger partial charge in [-0.3, -0.25) is 14.0 Å². The highest BCUT2D eigenvalue weighted by atomic mass is 32.1. The summed E-state index contributed by atoms with van der Waals surface area (Å²) in [7, 11) is 0. The third kappa shape index (κ3) is 1.82. The molecule has 0 saturated carbocycles. The van der Waals surface area contributed by atoms with Gasteiger partial charge in [-0.2, -0.15) is 0 Å². The van der Waals surface area contributed by atoms with Crippen LogP contribution in [0.4, 0.5) is 0 Å². The van der Waals surface area contributed by atoms with Gasteiger partial charge in [-0.25, -0.2) is 4.98 Å². The van der Waals surface area contributed by atoms with E-state index in [0.717, 1.165) is 23.4 Å². The van der Waals surface area contributed by atoms with Crippen molar-refractivity contribution in [1.29, 1.82) is 0 Å². The monoisotopic (exact) mass is 345 g/mol. The summed E-state index contributed by atoms with van der Waals surface area (Å²) in [5, 5.41) is 0. The first kappa shape index (κ1) is 14.6. The summed E-state index contributed by atoms with van der Waals surface area (Å²) in [6.07, 6.45) is 4.28. The van der Waals surface area contributed by atoms with Crippen LogP contribution in [0.3, 0.4) is 0 Å². The van der Waals surface area contributed by atoms with Crippen molar-refractivity contribution in [3.8, 4) is 0 Å². The van der Waals surface area contributed by atoms with Crippen molar-refractivity contribution in [3.05, 3.63) is 32.7 Å². The summed E-state index contributed by atoms with van der Waals surface area (Å²) in [6, 6.07) is 0. The number of aromatic nitrogens is 2. The van der Waals surface area contributed by atoms with Crippen LogP contribution in [0.15, 0.2) is 11.0 Å². The molecule has 3 aliphatic rings. The van der Waals surface area contributed by atoms with Gasteiger partial charge < -0.3 is 9.64 Å². The minimum absolute atomic E-state index is 0.182. The van der Waals surface area contributed by atoms with E-state index < -0.39 is 0 Å². The second-order valence-corrected chi connectivity index (χ2v) is 8.35. The molecule has 1 amide bonds. The van der Waals surface area contributed by atoms with E-state index in [0.29, 0.717) is 42.1 Å². The number of thiazole rings is 1. The predicted molar refractivity (Wildman–Crippen MR) is 89.6 cm³/mol. The summed E-state index contributed by atoms with van der Waals surface area (Å²) < 4.78 is 7.52. The van der Waals surface area contributed by atoms with Crippen molar-refractivity contribution in [1.82, 2.24) is 14.3 Å². The fourth-order valence-corrected chi connectivity index (χ4v) is 5.55. The summed E-state index contributed by atoms with van der Waals surface area (Å²) in [6.45, 7) is 5.27. The molecule has 0 unspecified atom stereocenters. The van der Waals surface area contributed by atoms with E-state index >= 15 is 0 Å². The molecule has 3 aliphatic heterocycles. The minimum Gasteiger partial charge on any atom is -0.374 e. The molecule has 2 aromatic rings. The van der Waals surface area contributed by atoms with E-state index in [4.69, 9.17) is 4.74 Å². The van der Waals surface area contributed by atoms with Crippen molar-refractivity contribution in [2.75, 3.05) is 13.1 Å². The number of fused-ring (bicyclic) bond motifs is 6. The number of hydrogen-bond acceptors (Lipinski definition) is 5. The van der Waals surface area contributed by atoms with Gasteiger partial charge in [0, 0.05) is 41.7 Å². The fraction of sp³-hybridized carbons (Fsp3) is 0.588. The molecule has 2 aromatic heterocycles. The molecule has 24 heavy (non-hydrogen) atoms. The van der Waals surface area contributed by atoms with Gasteiger partial charge in [0.05, 0.1) is 12.2 Å². The maximum atomic E-state index is 12.9. The molecular weight excluding hydrogens is 326 g/mol. The van der Waals surface area contributed by atoms with Crippen molar-refractivity contribution in [3.63, 3.8) is 0 Å². The lowest BCUT2D eigenvalue weighted by atomic mass is 9.82. The summed E-state index contributed by atoms with van der Waals surface area (Å²) in [5.74, 6) is 0.702. The first-order chi connectivity index (χ1) is 11.5. The molecule has 3 fully saturated rings. The maximum absolute atomic E-state index is 12.9. The Morgan fingerprint density at radius 2 is 1.92 bits per heavy atom. The Balaban J connectivity index is 1.50. The zero-order valence-electron chi connectivity index (χ0n) is 13.7. The highest BCUT2D eigenvalue weighted by Crippen LogP contribution is 2.47. The molecule has 3 saturated heterocycles.